The summed E-state index contributed by atoms with van der Waals surface area (Å²) in [5, 5.41) is 2.80. The summed E-state index contributed by atoms with van der Waals surface area (Å²) in [7, 11) is 1.37. The molecular weight excluding hydrogens is 236 g/mol. The number of ether oxygens (including phenoxy) is 2. The first kappa shape index (κ1) is 14.8. The largest absolute Gasteiger partial charge is 0.468 e. The number of alkyl carbamates (subject to hydrolysis) is 1. The number of carbonyl (C=O) groups is 2. The van der Waals surface area contributed by atoms with Gasteiger partial charge in [-0.15, -0.1) is 0 Å². The van der Waals surface area contributed by atoms with Gasteiger partial charge in [0.1, 0.15) is 5.60 Å². The summed E-state index contributed by atoms with van der Waals surface area (Å²) in [5.74, 6) is -0.257. The van der Waals surface area contributed by atoms with Crippen molar-refractivity contribution < 1.29 is 19.1 Å². The number of nitrogens with one attached hydrogen (secondary N) is 1. The van der Waals surface area contributed by atoms with Crippen LogP contribution in [0.2, 0.25) is 0 Å². The summed E-state index contributed by atoms with van der Waals surface area (Å²) in [6, 6.07) is 0.0320. The fourth-order valence-corrected chi connectivity index (χ4v) is 1.82. The Kier molecular flexibility index (Phi) is 4.95. The molecule has 1 heterocycles. The monoisotopic (exact) mass is 258 g/mol. The molecule has 1 rings (SSSR count). The number of nitrogens with zero attached hydrogens (tertiary/aromatic N) is 1. The van der Waals surface area contributed by atoms with E-state index in [1.54, 1.807) is 0 Å². The number of amides is 1. The summed E-state index contributed by atoms with van der Waals surface area (Å²) >= 11 is 0. The molecule has 0 aromatic carbocycles. The first-order valence-corrected chi connectivity index (χ1v) is 6.09. The van der Waals surface area contributed by atoms with Gasteiger partial charge in [0, 0.05) is 19.1 Å². The van der Waals surface area contributed by atoms with E-state index in [1.165, 1.54) is 7.11 Å². The average molecular weight is 258 g/mol. The van der Waals surface area contributed by atoms with Crippen LogP contribution in [0.25, 0.3) is 0 Å². The average Bonchev–Trinajstić information content (AvgIpc) is 2.62. The van der Waals surface area contributed by atoms with Gasteiger partial charge in [0.15, 0.2) is 0 Å². The molecule has 1 atom stereocenters. The Balaban J connectivity index is 2.30. The molecule has 0 aromatic heterocycles. The van der Waals surface area contributed by atoms with Crippen LogP contribution in [0.5, 0.6) is 0 Å². The second-order valence-corrected chi connectivity index (χ2v) is 5.44. The molecule has 1 saturated heterocycles. The van der Waals surface area contributed by atoms with Gasteiger partial charge < -0.3 is 14.8 Å². The van der Waals surface area contributed by atoms with Crippen molar-refractivity contribution in [3.8, 4) is 0 Å². The third kappa shape index (κ3) is 5.35. The van der Waals surface area contributed by atoms with Crippen LogP contribution in [0.3, 0.4) is 0 Å². The zero-order valence-electron chi connectivity index (χ0n) is 11.5. The van der Waals surface area contributed by atoms with Gasteiger partial charge >= 0.3 is 12.1 Å². The van der Waals surface area contributed by atoms with Crippen LogP contribution in [0.1, 0.15) is 27.2 Å². The van der Waals surface area contributed by atoms with E-state index in [-0.39, 0.29) is 18.6 Å². The van der Waals surface area contributed by atoms with E-state index in [2.05, 4.69) is 10.1 Å². The summed E-state index contributed by atoms with van der Waals surface area (Å²) in [6.07, 6.45) is 0.406. The van der Waals surface area contributed by atoms with E-state index in [0.29, 0.717) is 6.54 Å². The Bertz CT molecular complexity index is 312. The van der Waals surface area contributed by atoms with Crippen molar-refractivity contribution in [2.24, 2.45) is 0 Å². The summed E-state index contributed by atoms with van der Waals surface area (Å²) in [6.45, 7) is 7.16. The van der Waals surface area contributed by atoms with Gasteiger partial charge in [-0.05, 0) is 27.2 Å². The minimum Gasteiger partial charge on any atom is -0.468 e. The molecule has 0 spiro atoms. The van der Waals surface area contributed by atoms with Crippen LogP contribution < -0.4 is 5.32 Å². The van der Waals surface area contributed by atoms with Crippen LogP contribution in [0, 0.1) is 0 Å². The molecule has 1 N–H and O–H groups in total. The van der Waals surface area contributed by atoms with Crippen LogP contribution in [0.15, 0.2) is 0 Å². The molecule has 18 heavy (non-hydrogen) atoms. The highest BCUT2D eigenvalue weighted by Crippen LogP contribution is 2.11. The van der Waals surface area contributed by atoms with E-state index in [0.717, 1.165) is 13.0 Å². The first-order valence-electron chi connectivity index (χ1n) is 6.09. The highest BCUT2D eigenvalue weighted by atomic mass is 16.6. The summed E-state index contributed by atoms with van der Waals surface area (Å²) in [4.78, 5) is 24.6. The number of methoxy groups -OCH3 is 1. The van der Waals surface area contributed by atoms with Crippen molar-refractivity contribution in [2.45, 2.75) is 38.8 Å². The highest BCUT2D eigenvalue weighted by molar-refractivity contribution is 5.71. The van der Waals surface area contributed by atoms with Gasteiger partial charge in [-0.3, -0.25) is 9.69 Å². The van der Waals surface area contributed by atoms with E-state index >= 15 is 0 Å². The number of carbonyl (C=O) groups excluding carboxylic acids is 2. The van der Waals surface area contributed by atoms with E-state index in [4.69, 9.17) is 4.74 Å². The predicted octanol–water partition coefficient (Wildman–Crippen LogP) is 0.758. The minimum absolute atomic E-state index is 0.0320. The fourth-order valence-electron chi connectivity index (χ4n) is 1.82. The first-order chi connectivity index (χ1) is 8.30. The van der Waals surface area contributed by atoms with E-state index in [9.17, 15) is 9.59 Å². The summed E-state index contributed by atoms with van der Waals surface area (Å²) in [5.41, 5.74) is -0.492. The predicted molar refractivity (Wildman–Crippen MR) is 66.2 cm³/mol. The molecule has 0 saturated carbocycles. The molecule has 0 aliphatic carbocycles. The Labute approximate surface area is 108 Å². The lowest BCUT2D eigenvalue weighted by Crippen LogP contribution is -2.41. The maximum atomic E-state index is 11.6. The molecule has 0 bridgehead atoms. The SMILES string of the molecule is COC(=O)CN1CCC(NC(=O)OC(C)(C)C)C1. The van der Waals surface area contributed by atoms with Crippen molar-refractivity contribution in [2.75, 3.05) is 26.7 Å². The van der Waals surface area contributed by atoms with Crippen LogP contribution >= 0.6 is 0 Å². The van der Waals surface area contributed by atoms with Gasteiger partial charge in [0.2, 0.25) is 0 Å². The van der Waals surface area contributed by atoms with Gasteiger partial charge in [0.25, 0.3) is 0 Å². The third-order valence-electron chi connectivity index (χ3n) is 2.57. The molecule has 6 heteroatoms. The van der Waals surface area contributed by atoms with Gasteiger partial charge in [-0.25, -0.2) is 4.79 Å². The number of hydrogen-bond acceptors (Lipinski definition) is 5. The minimum atomic E-state index is -0.492. The molecule has 1 amide bonds. The van der Waals surface area contributed by atoms with Crippen molar-refractivity contribution in [3.63, 3.8) is 0 Å². The smallest absolute Gasteiger partial charge is 0.407 e. The second kappa shape index (κ2) is 6.04. The van der Waals surface area contributed by atoms with Crippen LogP contribution in [-0.4, -0.2) is 55.3 Å². The number of rotatable bonds is 3. The number of likely N-dealkylation sites (tertiary alicyclic amines) is 1. The normalized spacial score (nSPS) is 20.6. The highest BCUT2D eigenvalue weighted by Gasteiger charge is 2.27. The number of esters is 1. The van der Waals surface area contributed by atoms with Crippen molar-refractivity contribution in [1.29, 1.82) is 0 Å². The van der Waals surface area contributed by atoms with Gasteiger partial charge in [0.05, 0.1) is 13.7 Å². The molecule has 1 aliphatic heterocycles. The standard InChI is InChI=1S/C12H22N2O4/c1-12(2,3)18-11(16)13-9-5-6-14(7-9)8-10(15)17-4/h9H,5-8H2,1-4H3,(H,13,16). The topological polar surface area (TPSA) is 67.9 Å². The molecule has 0 radical (unpaired) electrons. The zero-order valence-corrected chi connectivity index (χ0v) is 11.5. The molecule has 6 nitrogen and oxygen atoms in total. The van der Waals surface area contributed by atoms with Gasteiger partial charge in [-0.1, -0.05) is 0 Å². The fraction of sp³-hybridized carbons (Fsp3) is 0.833. The zero-order chi connectivity index (χ0) is 13.8. The van der Waals surface area contributed by atoms with Crippen LogP contribution in [0.4, 0.5) is 4.79 Å². The molecule has 0 aromatic rings. The Morgan fingerprint density at radius 3 is 2.61 bits per heavy atom. The molecule has 1 fully saturated rings. The lowest BCUT2D eigenvalue weighted by Gasteiger charge is -2.21. The molecule has 104 valence electrons. The van der Waals surface area contributed by atoms with E-state index < -0.39 is 11.7 Å². The van der Waals surface area contributed by atoms with Crippen molar-refractivity contribution in [3.05, 3.63) is 0 Å². The van der Waals surface area contributed by atoms with Crippen molar-refractivity contribution >= 4 is 12.1 Å². The lowest BCUT2D eigenvalue weighted by molar-refractivity contribution is -0.141. The maximum Gasteiger partial charge on any atom is 0.407 e. The summed E-state index contributed by atoms with van der Waals surface area (Å²) < 4.78 is 9.78. The van der Waals surface area contributed by atoms with E-state index in [1.807, 2.05) is 25.7 Å². The molecule has 1 aliphatic rings. The lowest BCUT2D eigenvalue weighted by atomic mass is 10.2. The quantitative estimate of drug-likeness (QED) is 0.757. The number of hydrogen-bond donors (Lipinski definition) is 1. The second-order valence-electron chi connectivity index (χ2n) is 5.44. The molecule has 1 unspecified atom stereocenters. The van der Waals surface area contributed by atoms with Crippen molar-refractivity contribution in [1.82, 2.24) is 10.2 Å². The third-order valence-corrected chi connectivity index (χ3v) is 2.57. The van der Waals surface area contributed by atoms with Gasteiger partial charge in [-0.2, -0.15) is 0 Å². The van der Waals surface area contributed by atoms with Crippen LogP contribution in [-0.2, 0) is 14.3 Å². The Morgan fingerprint density at radius 1 is 1.39 bits per heavy atom. The Hall–Kier alpha value is -1.30. The Morgan fingerprint density at radius 2 is 2.06 bits per heavy atom. The molecular formula is C12H22N2O4. The maximum absolute atomic E-state index is 11.6.